The summed E-state index contributed by atoms with van der Waals surface area (Å²) in [5, 5.41) is 2.54. The van der Waals surface area contributed by atoms with Crippen LogP contribution in [-0.4, -0.2) is 7.05 Å². The van der Waals surface area contributed by atoms with Crippen LogP contribution in [0.3, 0.4) is 0 Å². The van der Waals surface area contributed by atoms with Crippen LogP contribution in [-0.2, 0) is 0 Å². The molecular weight excluding hydrogens is 520 g/mol. The fraction of sp³-hybridized carbons (Fsp3) is 0.0244. The van der Waals surface area contributed by atoms with E-state index in [0.717, 1.165) is 17.1 Å². The Morgan fingerprint density at radius 1 is 0.302 bits per heavy atom. The normalized spacial score (nSPS) is 10.4. The monoisotopic (exact) mass is 554 g/mol. The highest BCUT2D eigenvalue weighted by molar-refractivity contribution is 5.87. The van der Waals surface area contributed by atoms with E-state index in [-0.39, 0.29) is 0 Å². The van der Waals surface area contributed by atoms with Crippen molar-refractivity contribution in [3.8, 4) is 11.1 Å². The summed E-state index contributed by atoms with van der Waals surface area (Å²) < 4.78 is 0. The molecule has 0 fully saturated rings. The van der Waals surface area contributed by atoms with E-state index in [1.807, 2.05) is 12.1 Å². The number of hydrogen-bond acceptors (Lipinski definition) is 2. The first-order valence-corrected chi connectivity index (χ1v) is 14.6. The molecule has 0 N–H and O–H groups in total. The fourth-order valence-electron chi connectivity index (χ4n) is 5.23. The molecule has 0 amide bonds. The molecule has 0 radical (unpaired) electrons. The number of rotatable bonds is 6. The van der Waals surface area contributed by atoms with Gasteiger partial charge in [0.05, 0.1) is 0 Å². The summed E-state index contributed by atoms with van der Waals surface area (Å²) >= 11 is 0. The molecule has 0 heterocycles. The molecule has 0 aliphatic heterocycles. The molecule has 208 valence electrons. The van der Waals surface area contributed by atoms with Gasteiger partial charge in [-0.1, -0.05) is 121 Å². The van der Waals surface area contributed by atoms with E-state index in [4.69, 9.17) is 0 Å². The minimum Gasteiger partial charge on any atom is -0.345 e. The molecule has 0 aromatic heterocycles. The number of fused-ring (bicyclic) bond motifs is 1. The second-order valence-corrected chi connectivity index (χ2v) is 10.3. The standard InChI is InChI=1S/C28H21N.C13H13N/c1-3-11-26(12-4-1)29(27-13-5-2-6-14-27)28-19-17-23(18-20-28)25-16-15-22-9-7-8-10-24(22)21-25;1-14(12-8-4-2-5-9-12)13-10-6-3-7-11-13/h1-21H;2-11H,1H3. The van der Waals surface area contributed by atoms with Crippen LogP contribution in [0.1, 0.15) is 0 Å². The van der Waals surface area contributed by atoms with Crippen molar-refractivity contribution in [3.05, 3.63) is 188 Å². The third-order valence-electron chi connectivity index (χ3n) is 7.52. The predicted molar refractivity (Wildman–Crippen MR) is 185 cm³/mol. The van der Waals surface area contributed by atoms with Crippen LogP contribution in [0.5, 0.6) is 0 Å². The summed E-state index contributed by atoms with van der Waals surface area (Å²) in [7, 11) is 2.07. The summed E-state index contributed by atoms with van der Waals surface area (Å²) in [4.78, 5) is 4.45. The van der Waals surface area contributed by atoms with Crippen LogP contribution in [0.4, 0.5) is 28.4 Å². The molecule has 0 atom stereocenters. The first-order chi connectivity index (χ1) is 21.3. The number of nitrogens with zero attached hydrogens (tertiary/aromatic N) is 2. The van der Waals surface area contributed by atoms with Gasteiger partial charge in [-0.2, -0.15) is 0 Å². The van der Waals surface area contributed by atoms with Crippen LogP contribution >= 0.6 is 0 Å². The Morgan fingerprint density at radius 2 is 0.674 bits per heavy atom. The highest BCUT2D eigenvalue weighted by Crippen LogP contribution is 2.35. The van der Waals surface area contributed by atoms with Crippen molar-refractivity contribution in [1.82, 2.24) is 0 Å². The maximum Gasteiger partial charge on any atom is 0.0462 e. The van der Waals surface area contributed by atoms with Gasteiger partial charge in [0.15, 0.2) is 0 Å². The van der Waals surface area contributed by atoms with Crippen LogP contribution in [0.15, 0.2) is 188 Å². The number of benzene rings is 7. The zero-order chi connectivity index (χ0) is 29.3. The van der Waals surface area contributed by atoms with Gasteiger partial charge in [-0.05, 0) is 88.6 Å². The van der Waals surface area contributed by atoms with E-state index in [1.165, 1.54) is 33.3 Å². The maximum absolute atomic E-state index is 2.28. The quantitative estimate of drug-likeness (QED) is 0.202. The van der Waals surface area contributed by atoms with Crippen molar-refractivity contribution >= 4 is 39.2 Å². The Morgan fingerprint density at radius 3 is 1.16 bits per heavy atom. The maximum atomic E-state index is 2.28. The average Bonchev–Trinajstić information content (AvgIpc) is 3.10. The van der Waals surface area contributed by atoms with Gasteiger partial charge in [-0.25, -0.2) is 0 Å². The predicted octanol–water partition coefficient (Wildman–Crippen LogP) is 11.4. The lowest BCUT2D eigenvalue weighted by Gasteiger charge is -2.25. The van der Waals surface area contributed by atoms with Crippen molar-refractivity contribution in [3.63, 3.8) is 0 Å². The first kappa shape index (κ1) is 27.6. The van der Waals surface area contributed by atoms with Crippen molar-refractivity contribution in [2.75, 3.05) is 16.8 Å². The lowest BCUT2D eigenvalue weighted by Crippen LogP contribution is -2.09. The summed E-state index contributed by atoms with van der Waals surface area (Å²) in [6.45, 7) is 0. The van der Waals surface area contributed by atoms with Gasteiger partial charge < -0.3 is 9.80 Å². The SMILES string of the molecule is CN(c1ccccc1)c1ccccc1.c1ccc(N(c2ccccc2)c2ccc(-c3ccc4ccccc4c3)cc2)cc1. The number of para-hydroxylation sites is 4. The first-order valence-electron chi connectivity index (χ1n) is 14.6. The summed E-state index contributed by atoms with van der Waals surface area (Å²) in [5.41, 5.74) is 8.32. The third-order valence-corrected chi connectivity index (χ3v) is 7.52. The van der Waals surface area contributed by atoms with Crippen molar-refractivity contribution in [1.29, 1.82) is 0 Å². The molecule has 0 bridgehead atoms. The molecule has 0 unspecified atom stereocenters. The molecule has 0 aliphatic carbocycles. The van der Waals surface area contributed by atoms with Gasteiger partial charge in [0.2, 0.25) is 0 Å². The second-order valence-electron chi connectivity index (χ2n) is 10.3. The zero-order valence-electron chi connectivity index (χ0n) is 24.3. The highest BCUT2D eigenvalue weighted by Gasteiger charge is 2.12. The van der Waals surface area contributed by atoms with Gasteiger partial charge in [0, 0.05) is 35.5 Å². The molecule has 2 heteroatoms. The molecule has 0 saturated carbocycles. The van der Waals surface area contributed by atoms with E-state index >= 15 is 0 Å². The molecule has 7 rings (SSSR count). The molecule has 0 spiro atoms. The van der Waals surface area contributed by atoms with Crippen LogP contribution in [0.2, 0.25) is 0 Å². The van der Waals surface area contributed by atoms with E-state index in [2.05, 4.69) is 193 Å². The Labute approximate surface area is 254 Å². The lowest BCUT2D eigenvalue weighted by atomic mass is 10.0. The van der Waals surface area contributed by atoms with Crippen LogP contribution < -0.4 is 9.80 Å². The molecule has 7 aromatic rings. The zero-order valence-corrected chi connectivity index (χ0v) is 24.3. The minimum atomic E-state index is 1.15. The minimum absolute atomic E-state index is 1.15. The fourth-order valence-corrected chi connectivity index (χ4v) is 5.23. The number of anilines is 5. The Bertz CT molecular complexity index is 1770. The Hall–Kier alpha value is -5.60. The van der Waals surface area contributed by atoms with E-state index in [0.29, 0.717) is 0 Å². The second kappa shape index (κ2) is 13.4. The summed E-state index contributed by atoms with van der Waals surface area (Å²) in [5.74, 6) is 0. The molecule has 7 aromatic carbocycles. The third kappa shape index (κ3) is 6.66. The largest absolute Gasteiger partial charge is 0.345 e. The van der Waals surface area contributed by atoms with E-state index < -0.39 is 0 Å². The van der Waals surface area contributed by atoms with Crippen molar-refractivity contribution < 1.29 is 0 Å². The molecular formula is C41H34N2. The molecule has 2 nitrogen and oxygen atoms in total. The van der Waals surface area contributed by atoms with Crippen LogP contribution in [0.25, 0.3) is 21.9 Å². The topological polar surface area (TPSA) is 6.48 Å². The summed E-state index contributed by atoms with van der Waals surface area (Å²) in [6, 6.07) is 65.6. The average molecular weight is 555 g/mol. The van der Waals surface area contributed by atoms with Gasteiger partial charge >= 0.3 is 0 Å². The van der Waals surface area contributed by atoms with Crippen molar-refractivity contribution in [2.24, 2.45) is 0 Å². The summed E-state index contributed by atoms with van der Waals surface area (Å²) in [6.07, 6.45) is 0. The van der Waals surface area contributed by atoms with E-state index in [9.17, 15) is 0 Å². The van der Waals surface area contributed by atoms with E-state index in [1.54, 1.807) is 0 Å². The smallest absolute Gasteiger partial charge is 0.0462 e. The molecule has 0 aliphatic rings. The van der Waals surface area contributed by atoms with Crippen molar-refractivity contribution in [2.45, 2.75) is 0 Å². The Kier molecular flexibility index (Phi) is 8.57. The Balaban J connectivity index is 0.000000197. The number of hydrogen-bond donors (Lipinski definition) is 0. The molecule has 43 heavy (non-hydrogen) atoms. The van der Waals surface area contributed by atoms with Gasteiger partial charge in [0.25, 0.3) is 0 Å². The van der Waals surface area contributed by atoms with Gasteiger partial charge in [0.1, 0.15) is 0 Å². The van der Waals surface area contributed by atoms with Gasteiger partial charge in [-0.15, -0.1) is 0 Å². The highest BCUT2D eigenvalue weighted by atomic mass is 15.1. The van der Waals surface area contributed by atoms with Gasteiger partial charge in [-0.3, -0.25) is 0 Å². The molecule has 0 saturated heterocycles. The lowest BCUT2D eigenvalue weighted by molar-refractivity contribution is 1.21. The van der Waals surface area contributed by atoms with Crippen LogP contribution in [0, 0.1) is 0 Å².